The maximum Gasteiger partial charge on any atom is 0.471 e. The van der Waals surface area contributed by atoms with E-state index in [2.05, 4.69) is 14.7 Å². The number of hydrogen-bond donors (Lipinski definition) is 0. The van der Waals surface area contributed by atoms with E-state index in [1.807, 2.05) is 0 Å². The highest BCUT2D eigenvalue weighted by atomic mass is 19.4. The third kappa shape index (κ3) is 4.58. The summed E-state index contributed by atoms with van der Waals surface area (Å²) in [4.78, 5) is 15.6. The van der Waals surface area contributed by atoms with Gasteiger partial charge in [0.1, 0.15) is 6.61 Å². The van der Waals surface area contributed by atoms with Gasteiger partial charge in [-0.2, -0.15) is 18.2 Å². The summed E-state index contributed by atoms with van der Waals surface area (Å²) >= 11 is 0. The molecule has 0 fully saturated rings. The van der Waals surface area contributed by atoms with E-state index in [0.29, 0.717) is 18.7 Å². The molecule has 0 amide bonds. The lowest BCUT2D eigenvalue weighted by atomic mass is 10.1. The summed E-state index contributed by atoms with van der Waals surface area (Å²) in [5.41, 5.74) is 0.808. The van der Waals surface area contributed by atoms with Crippen LogP contribution in [-0.4, -0.2) is 28.4 Å². The van der Waals surface area contributed by atoms with Crippen LogP contribution < -0.4 is 10.3 Å². The molecule has 0 atom stereocenters. The fourth-order valence-corrected chi connectivity index (χ4v) is 2.36. The first-order chi connectivity index (χ1) is 13.4. The number of rotatable bonds is 7. The summed E-state index contributed by atoms with van der Waals surface area (Å²) in [5.74, 6) is -1.37. The van der Waals surface area contributed by atoms with Gasteiger partial charge >= 0.3 is 12.1 Å². The van der Waals surface area contributed by atoms with Gasteiger partial charge < -0.3 is 18.6 Å². The second-order valence-corrected chi connectivity index (χ2v) is 5.77. The van der Waals surface area contributed by atoms with Crippen LogP contribution >= 0.6 is 0 Å². The first-order valence-electron chi connectivity index (χ1n) is 8.20. The van der Waals surface area contributed by atoms with Crippen molar-refractivity contribution in [3.8, 4) is 17.1 Å². The molecule has 10 heteroatoms. The van der Waals surface area contributed by atoms with Crippen molar-refractivity contribution in [2.45, 2.75) is 19.3 Å². The van der Waals surface area contributed by atoms with E-state index < -0.39 is 12.1 Å². The lowest BCUT2D eigenvalue weighted by Crippen LogP contribution is -2.22. The lowest BCUT2D eigenvalue weighted by molar-refractivity contribution is -0.159. The molecule has 0 aliphatic heterocycles. The van der Waals surface area contributed by atoms with Crippen LogP contribution in [0.2, 0.25) is 0 Å². The Bertz CT molecular complexity index is 981. The monoisotopic (exact) mass is 395 g/mol. The summed E-state index contributed by atoms with van der Waals surface area (Å²) < 4.78 is 53.8. The van der Waals surface area contributed by atoms with Crippen molar-refractivity contribution in [1.82, 2.24) is 14.7 Å². The molecule has 2 heterocycles. The van der Waals surface area contributed by atoms with Gasteiger partial charge in [-0.3, -0.25) is 4.79 Å². The van der Waals surface area contributed by atoms with Crippen molar-refractivity contribution in [1.29, 1.82) is 0 Å². The molecule has 1 aromatic carbocycles. The molecule has 0 bridgehead atoms. The molecule has 0 aliphatic carbocycles. The van der Waals surface area contributed by atoms with Crippen LogP contribution in [0.4, 0.5) is 13.2 Å². The molecule has 0 saturated carbocycles. The fourth-order valence-electron chi connectivity index (χ4n) is 2.36. The molecule has 7 nitrogen and oxygen atoms in total. The molecule has 0 radical (unpaired) electrons. The van der Waals surface area contributed by atoms with Crippen LogP contribution in [0.25, 0.3) is 11.4 Å². The fraction of sp³-hybridized carbons (Fsp3) is 0.278. The number of halogens is 3. The van der Waals surface area contributed by atoms with Crippen LogP contribution in [0.5, 0.6) is 5.75 Å². The number of benzene rings is 1. The molecule has 0 aliphatic rings. The maximum absolute atomic E-state index is 12.5. The zero-order chi connectivity index (χ0) is 20.1. The van der Waals surface area contributed by atoms with Gasteiger partial charge in [0, 0.05) is 25.4 Å². The Kier molecular flexibility index (Phi) is 5.78. The number of alkyl halides is 3. The third-order valence-corrected chi connectivity index (χ3v) is 3.80. The number of hydrogen-bond acceptors (Lipinski definition) is 6. The van der Waals surface area contributed by atoms with Crippen LogP contribution in [0.15, 0.2) is 51.9 Å². The predicted octanol–water partition coefficient (Wildman–Crippen LogP) is 3.14. The molecule has 3 rings (SSSR count). The van der Waals surface area contributed by atoms with Gasteiger partial charge in [0.15, 0.2) is 5.75 Å². The molecule has 148 valence electrons. The lowest BCUT2D eigenvalue weighted by Gasteiger charge is -2.09. The first-order valence-corrected chi connectivity index (χ1v) is 8.20. The van der Waals surface area contributed by atoms with Crippen LogP contribution in [0.1, 0.15) is 11.5 Å². The van der Waals surface area contributed by atoms with Crippen molar-refractivity contribution in [2.75, 3.05) is 13.7 Å². The number of methoxy groups -OCH3 is 1. The van der Waals surface area contributed by atoms with E-state index in [-0.39, 0.29) is 23.7 Å². The summed E-state index contributed by atoms with van der Waals surface area (Å²) in [5, 5.41) is 3.33. The Morgan fingerprint density at radius 2 is 1.93 bits per heavy atom. The zero-order valence-electron chi connectivity index (χ0n) is 14.8. The molecular formula is C18H16F3N3O4. The number of ether oxygens (including phenoxy) is 2. The van der Waals surface area contributed by atoms with Crippen molar-refractivity contribution in [3.05, 3.63) is 64.4 Å². The second kappa shape index (κ2) is 8.26. The highest BCUT2D eigenvalue weighted by Gasteiger charge is 2.38. The topological polar surface area (TPSA) is 79.4 Å². The van der Waals surface area contributed by atoms with Crippen molar-refractivity contribution < 1.29 is 27.2 Å². The standard InChI is InChI=1S/C18H16F3N3O4/c1-26-10-9-24-8-2-3-14(16(24)25)27-11-12-4-6-13(7-5-12)15-22-17(28-23-15)18(19,20)21/h2-8H,9-11H2,1H3. The van der Waals surface area contributed by atoms with Gasteiger partial charge in [0.25, 0.3) is 5.56 Å². The predicted molar refractivity (Wildman–Crippen MR) is 91.6 cm³/mol. The molecule has 0 spiro atoms. The third-order valence-electron chi connectivity index (χ3n) is 3.80. The van der Waals surface area contributed by atoms with Crippen molar-refractivity contribution >= 4 is 0 Å². The summed E-state index contributed by atoms with van der Waals surface area (Å²) in [6.07, 6.45) is -3.05. The van der Waals surface area contributed by atoms with E-state index >= 15 is 0 Å². The minimum Gasteiger partial charge on any atom is -0.483 e. The highest BCUT2D eigenvalue weighted by molar-refractivity contribution is 5.54. The summed E-state index contributed by atoms with van der Waals surface area (Å²) in [6, 6.07) is 9.65. The molecular weight excluding hydrogens is 379 g/mol. The zero-order valence-corrected chi connectivity index (χ0v) is 14.8. The second-order valence-electron chi connectivity index (χ2n) is 5.77. The molecule has 28 heavy (non-hydrogen) atoms. The average molecular weight is 395 g/mol. The smallest absolute Gasteiger partial charge is 0.471 e. The highest BCUT2D eigenvalue weighted by Crippen LogP contribution is 2.29. The molecule has 0 saturated heterocycles. The van der Waals surface area contributed by atoms with Gasteiger partial charge in [-0.25, -0.2) is 0 Å². The van der Waals surface area contributed by atoms with Crippen LogP contribution in [0.3, 0.4) is 0 Å². The van der Waals surface area contributed by atoms with Crippen molar-refractivity contribution in [3.63, 3.8) is 0 Å². The Hall–Kier alpha value is -3.14. The summed E-state index contributed by atoms with van der Waals surface area (Å²) in [7, 11) is 1.55. The Balaban J connectivity index is 1.67. The van der Waals surface area contributed by atoms with Crippen LogP contribution in [-0.2, 0) is 24.1 Å². The molecule has 0 unspecified atom stereocenters. The Labute approximate surface area is 157 Å². The quantitative estimate of drug-likeness (QED) is 0.612. The van der Waals surface area contributed by atoms with Gasteiger partial charge in [0.05, 0.1) is 6.61 Å². The van der Waals surface area contributed by atoms with Gasteiger partial charge in [-0.15, -0.1) is 0 Å². The molecule has 2 aromatic heterocycles. The van der Waals surface area contributed by atoms with E-state index in [9.17, 15) is 18.0 Å². The number of aromatic nitrogens is 3. The Morgan fingerprint density at radius 1 is 1.18 bits per heavy atom. The minimum absolute atomic E-state index is 0.115. The summed E-state index contributed by atoms with van der Waals surface area (Å²) in [6.45, 7) is 0.923. The van der Waals surface area contributed by atoms with E-state index in [0.717, 1.165) is 5.56 Å². The van der Waals surface area contributed by atoms with E-state index in [1.54, 1.807) is 49.7 Å². The number of nitrogens with zero attached hydrogens (tertiary/aromatic N) is 3. The van der Waals surface area contributed by atoms with E-state index in [1.165, 1.54) is 4.57 Å². The molecule has 3 aromatic rings. The maximum atomic E-state index is 12.5. The average Bonchev–Trinajstić information content (AvgIpc) is 3.17. The van der Waals surface area contributed by atoms with Gasteiger partial charge in [-0.05, 0) is 17.7 Å². The van der Waals surface area contributed by atoms with E-state index in [4.69, 9.17) is 9.47 Å². The first kappa shape index (κ1) is 19.6. The normalized spacial score (nSPS) is 11.6. The van der Waals surface area contributed by atoms with Crippen LogP contribution in [0, 0.1) is 0 Å². The van der Waals surface area contributed by atoms with Gasteiger partial charge in [0.2, 0.25) is 5.82 Å². The SMILES string of the molecule is COCCn1cccc(OCc2ccc(-c3noc(C(F)(F)F)n3)cc2)c1=O. The van der Waals surface area contributed by atoms with Crippen molar-refractivity contribution in [2.24, 2.45) is 0 Å². The number of pyridine rings is 1. The van der Waals surface area contributed by atoms with Gasteiger partial charge in [-0.1, -0.05) is 29.4 Å². The largest absolute Gasteiger partial charge is 0.483 e. The molecule has 0 N–H and O–H groups in total. The Morgan fingerprint density at radius 3 is 2.57 bits per heavy atom. The minimum atomic E-state index is -4.69.